The Morgan fingerprint density at radius 2 is 2.26 bits per heavy atom. The molecule has 1 N–H and O–H groups in total. The lowest BCUT2D eigenvalue weighted by Gasteiger charge is -2.20. The fraction of sp³-hybridized carbons (Fsp3) is 0.733. The minimum absolute atomic E-state index is 0.230. The highest BCUT2D eigenvalue weighted by Crippen LogP contribution is 2.31. The Morgan fingerprint density at radius 1 is 1.43 bits per heavy atom. The summed E-state index contributed by atoms with van der Waals surface area (Å²) in [5.74, 6) is 1.35. The van der Waals surface area contributed by atoms with Crippen LogP contribution in [0.15, 0.2) is 10.7 Å². The van der Waals surface area contributed by atoms with E-state index >= 15 is 0 Å². The molecule has 0 bridgehead atoms. The molecule has 3 rings (SSSR count). The molecule has 0 saturated carbocycles. The predicted molar refractivity (Wildman–Crippen MR) is 82.5 cm³/mol. The minimum Gasteiger partial charge on any atom is -0.382 e. The molecule has 2 aromatic heterocycles. The van der Waals surface area contributed by atoms with Gasteiger partial charge in [0.05, 0.1) is 12.7 Å². The largest absolute Gasteiger partial charge is 0.382 e. The van der Waals surface area contributed by atoms with Crippen LogP contribution in [0.2, 0.25) is 0 Å². The minimum atomic E-state index is -0.955. The number of aryl methyl sites for hydroxylation is 1. The Kier molecular flexibility index (Phi) is 4.45. The van der Waals surface area contributed by atoms with E-state index in [0.717, 1.165) is 19.4 Å². The summed E-state index contributed by atoms with van der Waals surface area (Å²) in [7, 11) is 0. The number of aromatic nitrogens is 5. The van der Waals surface area contributed by atoms with Crippen molar-refractivity contribution in [1.82, 2.24) is 30.0 Å². The van der Waals surface area contributed by atoms with Gasteiger partial charge in [-0.15, -0.1) is 5.10 Å². The van der Waals surface area contributed by atoms with Gasteiger partial charge in [0.1, 0.15) is 11.3 Å². The van der Waals surface area contributed by atoms with Crippen LogP contribution in [-0.4, -0.2) is 48.2 Å². The van der Waals surface area contributed by atoms with Crippen molar-refractivity contribution in [2.24, 2.45) is 0 Å². The van der Waals surface area contributed by atoms with Gasteiger partial charge in [-0.25, -0.2) is 4.68 Å². The van der Waals surface area contributed by atoms with Crippen LogP contribution in [0.4, 0.5) is 0 Å². The maximum atomic E-state index is 10.9. The van der Waals surface area contributed by atoms with Gasteiger partial charge in [-0.05, 0) is 26.7 Å². The molecular weight excluding hydrogens is 296 g/mol. The maximum absolute atomic E-state index is 10.9. The third-order valence-electron chi connectivity index (χ3n) is 4.18. The molecule has 1 saturated heterocycles. The maximum Gasteiger partial charge on any atom is 0.226 e. The van der Waals surface area contributed by atoms with Crippen LogP contribution in [0.3, 0.4) is 0 Å². The highest BCUT2D eigenvalue weighted by atomic mass is 16.5. The van der Waals surface area contributed by atoms with E-state index in [1.165, 1.54) is 0 Å². The number of aliphatic hydroxyl groups is 1. The smallest absolute Gasteiger partial charge is 0.226 e. The van der Waals surface area contributed by atoms with Gasteiger partial charge in [-0.2, -0.15) is 4.98 Å². The van der Waals surface area contributed by atoms with Crippen molar-refractivity contribution in [2.45, 2.75) is 58.2 Å². The van der Waals surface area contributed by atoms with Gasteiger partial charge in [0.2, 0.25) is 5.89 Å². The van der Waals surface area contributed by atoms with E-state index < -0.39 is 5.60 Å². The molecule has 3 heterocycles. The lowest BCUT2D eigenvalue weighted by molar-refractivity contribution is 0.0405. The second kappa shape index (κ2) is 6.37. The van der Waals surface area contributed by atoms with Crippen LogP contribution in [0, 0.1) is 0 Å². The number of hydrogen-bond acceptors (Lipinski definition) is 7. The van der Waals surface area contributed by atoms with E-state index in [1.807, 2.05) is 20.0 Å². The number of β-amino-alcohol motifs (C(OH)–C–C–N with tert-alkyl or cyclic N) is 1. The second-order valence-electron chi connectivity index (χ2n) is 6.52. The molecule has 8 nitrogen and oxygen atoms in total. The Bertz CT molecular complexity index is 652. The molecule has 0 radical (unpaired) electrons. The second-order valence-corrected chi connectivity index (χ2v) is 6.52. The Hall–Kier alpha value is -1.80. The molecular formula is C15H24N6O2. The molecule has 1 unspecified atom stereocenters. The summed E-state index contributed by atoms with van der Waals surface area (Å²) in [6.07, 6.45) is 4.25. The molecule has 2 aromatic rings. The van der Waals surface area contributed by atoms with Crippen LogP contribution in [0.25, 0.3) is 0 Å². The van der Waals surface area contributed by atoms with Crippen molar-refractivity contribution in [3.8, 4) is 0 Å². The first-order chi connectivity index (χ1) is 11.0. The molecule has 1 fully saturated rings. The van der Waals surface area contributed by atoms with E-state index in [-0.39, 0.29) is 6.04 Å². The van der Waals surface area contributed by atoms with E-state index in [0.29, 0.717) is 36.9 Å². The summed E-state index contributed by atoms with van der Waals surface area (Å²) in [5, 5.41) is 23.1. The van der Waals surface area contributed by atoms with Gasteiger partial charge in [-0.3, -0.25) is 4.90 Å². The van der Waals surface area contributed by atoms with E-state index in [9.17, 15) is 5.11 Å². The van der Waals surface area contributed by atoms with Crippen LogP contribution in [-0.2, 0) is 18.6 Å². The van der Waals surface area contributed by atoms with Gasteiger partial charge < -0.3 is 9.63 Å². The summed E-state index contributed by atoms with van der Waals surface area (Å²) in [4.78, 5) is 6.50. The first-order valence-electron chi connectivity index (χ1n) is 8.18. The topological polar surface area (TPSA) is 93.1 Å². The quantitative estimate of drug-likeness (QED) is 0.857. The normalized spacial score (nSPS) is 22.3. The summed E-state index contributed by atoms with van der Waals surface area (Å²) >= 11 is 0. The van der Waals surface area contributed by atoms with Crippen molar-refractivity contribution < 1.29 is 9.63 Å². The average molecular weight is 320 g/mol. The molecule has 1 atom stereocenters. The molecule has 1 aliphatic heterocycles. The summed E-state index contributed by atoms with van der Waals surface area (Å²) in [6.45, 7) is 7.99. The fourth-order valence-corrected chi connectivity index (χ4v) is 2.83. The van der Waals surface area contributed by atoms with Crippen molar-refractivity contribution in [3.63, 3.8) is 0 Å². The Labute approximate surface area is 135 Å². The predicted octanol–water partition coefficient (Wildman–Crippen LogP) is 1.29. The highest BCUT2D eigenvalue weighted by molar-refractivity contribution is 5.11. The summed E-state index contributed by atoms with van der Waals surface area (Å²) in [5.41, 5.74) is -0.322. The van der Waals surface area contributed by atoms with Gasteiger partial charge in [0, 0.05) is 25.6 Å². The zero-order valence-electron chi connectivity index (χ0n) is 13.9. The van der Waals surface area contributed by atoms with Crippen molar-refractivity contribution >= 4 is 0 Å². The van der Waals surface area contributed by atoms with E-state index in [2.05, 4.69) is 32.3 Å². The zero-order valence-corrected chi connectivity index (χ0v) is 13.9. The molecule has 0 aromatic carbocycles. The van der Waals surface area contributed by atoms with Crippen molar-refractivity contribution in [1.29, 1.82) is 0 Å². The Morgan fingerprint density at radius 3 is 2.96 bits per heavy atom. The molecule has 0 spiro atoms. The van der Waals surface area contributed by atoms with Gasteiger partial charge >= 0.3 is 0 Å². The van der Waals surface area contributed by atoms with Gasteiger partial charge in [0.15, 0.2) is 5.82 Å². The first kappa shape index (κ1) is 16.1. The number of rotatable bonds is 6. The first-order valence-corrected chi connectivity index (χ1v) is 8.18. The Balaban J connectivity index is 1.64. The molecule has 0 aliphatic carbocycles. The third kappa shape index (κ3) is 3.42. The van der Waals surface area contributed by atoms with Crippen LogP contribution < -0.4 is 0 Å². The number of hydrogen-bond donors (Lipinski definition) is 1. The highest BCUT2D eigenvalue weighted by Gasteiger charge is 2.40. The van der Waals surface area contributed by atoms with Gasteiger partial charge in [-0.1, -0.05) is 17.3 Å². The standard InChI is InChI=1S/C15H24N6O2/c1-4-5-14-16-13(18-23-14)9-20-7-6-15(22,10-20)12-8-21(11(2)3)19-17-12/h8,11,22H,4-7,9-10H2,1-3H3. The molecule has 0 amide bonds. The SMILES string of the molecule is CCCc1nc(CN2CCC(O)(c3cn(C(C)C)nn3)C2)no1. The van der Waals surface area contributed by atoms with Crippen LogP contribution in [0.5, 0.6) is 0 Å². The number of nitrogens with zero attached hydrogens (tertiary/aromatic N) is 6. The molecule has 8 heteroatoms. The molecule has 1 aliphatic rings. The monoisotopic (exact) mass is 320 g/mol. The number of likely N-dealkylation sites (tertiary alicyclic amines) is 1. The lowest BCUT2D eigenvalue weighted by Crippen LogP contribution is -2.31. The average Bonchev–Trinajstić information content (AvgIpc) is 3.20. The van der Waals surface area contributed by atoms with Crippen LogP contribution >= 0.6 is 0 Å². The molecule has 23 heavy (non-hydrogen) atoms. The van der Waals surface area contributed by atoms with Crippen molar-refractivity contribution in [2.75, 3.05) is 13.1 Å². The molecule has 126 valence electrons. The van der Waals surface area contributed by atoms with Gasteiger partial charge in [0.25, 0.3) is 0 Å². The summed E-state index contributed by atoms with van der Waals surface area (Å²) in [6, 6.07) is 0.230. The van der Waals surface area contributed by atoms with Crippen LogP contribution in [0.1, 0.15) is 57.1 Å². The third-order valence-corrected chi connectivity index (χ3v) is 4.18. The fourth-order valence-electron chi connectivity index (χ4n) is 2.83. The van der Waals surface area contributed by atoms with E-state index in [1.54, 1.807) is 4.68 Å². The zero-order chi connectivity index (χ0) is 16.4. The lowest BCUT2D eigenvalue weighted by atomic mass is 10.00. The van der Waals surface area contributed by atoms with E-state index in [4.69, 9.17) is 4.52 Å². The van der Waals surface area contributed by atoms with Crippen molar-refractivity contribution in [3.05, 3.63) is 23.6 Å². The summed E-state index contributed by atoms with van der Waals surface area (Å²) < 4.78 is 6.98.